The Bertz CT molecular complexity index is 1020. The van der Waals surface area contributed by atoms with Gasteiger partial charge in [0.25, 0.3) is 15.6 Å². The first-order chi connectivity index (χ1) is 13.4. The summed E-state index contributed by atoms with van der Waals surface area (Å²) >= 11 is 0. The third-order valence-electron chi connectivity index (χ3n) is 5.73. The molecule has 1 atom stereocenters. The highest BCUT2D eigenvalue weighted by molar-refractivity contribution is 7.89. The van der Waals surface area contributed by atoms with E-state index in [0.29, 0.717) is 6.54 Å². The van der Waals surface area contributed by atoms with Gasteiger partial charge in [-0.3, -0.25) is 4.79 Å². The van der Waals surface area contributed by atoms with E-state index in [9.17, 15) is 13.2 Å². The van der Waals surface area contributed by atoms with Crippen LogP contribution in [0.3, 0.4) is 0 Å². The van der Waals surface area contributed by atoms with Crippen LogP contribution in [0, 0.1) is 0 Å². The first-order valence-electron chi connectivity index (χ1n) is 10.0. The normalized spacial score (nSPS) is 20.6. The van der Waals surface area contributed by atoms with E-state index in [0.717, 1.165) is 49.8 Å². The molecule has 2 aromatic rings. The van der Waals surface area contributed by atoms with Gasteiger partial charge in [0, 0.05) is 30.9 Å². The lowest BCUT2D eigenvalue weighted by Crippen LogP contribution is -2.41. The monoisotopic (exact) mass is 405 g/mol. The maximum atomic E-state index is 13.1. The summed E-state index contributed by atoms with van der Waals surface area (Å²) in [5.74, 6) is 0. The topological polar surface area (TPSA) is 90.1 Å². The molecule has 152 valence electrons. The lowest BCUT2D eigenvalue weighted by atomic mass is 9.97. The minimum absolute atomic E-state index is 0.0684. The van der Waals surface area contributed by atoms with Gasteiger partial charge in [-0.25, -0.2) is 18.1 Å². The molecule has 1 aliphatic heterocycles. The lowest BCUT2D eigenvalue weighted by Gasteiger charge is -2.24. The summed E-state index contributed by atoms with van der Waals surface area (Å²) in [4.78, 5) is 16.6. The molecule has 1 aliphatic carbocycles. The lowest BCUT2D eigenvalue weighted by molar-refractivity contribution is 0.332. The van der Waals surface area contributed by atoms with Gasteiger partial charge in [-0.15, -0.1) is 0 Å². The maximum absolute atomic E-state index is 13.1. The number of imidazole rings is 1. The van der Waals surface area contributed by atoms with Crippen LogP contribution in [0.4, 0.5) is 0 Å². The Morgan fingerprint density at radius 1 is 1.21 bits per heavy atom. The van der Waals surface area contributed by atoms with Gasteiger partial charge >= 0.3 is 0 Å². The molecule has 2 aromatic heterocycles. The van der Waals surface area contributed by atoms with Crippen LogP contribution in [-0.2, 0) is 29.4 Å². The molecule has 1 unspecified atom stereocenters. The van der Waals surface area contributed by atoms with Gasteiger partial charge in [-0.2, -0.15) is 9.40 Å². The van der Waals surface area contributed by atoms with Crippen molar-refractivity contribution >= 4 is 10.0 Å². The zero-order valence-corrected chi connectivity index (χ0v) is 17.2. The zero-order chi connectivity index (χ0) is 19.9. The van der Waals surface area contributed by atoms with Gasteiger partial charge in [0.1, 0.15) is 0 Å². The summed E-state index contributed by atoms with van der Waals surface area (Å²) in [5.41, 5.74) is 1.88. The Balaban J connectivity index is 1.59. The average Bonchev–Trinajstić information content (AvgIpc) is 3.32. The predicted octanol–water partition coefficient (Wildman–Crippen LogP) is 1.75. The Hall–Kier alpha value is -2.00. The molecule has 9 heteroatoms. The van der Waals surface area contributed by atoms with Crippen LogP contribution in [0.1, 0.15) is 56.8 Å². The van der Waals surface area contributed by atoms with Gasteiger partial charge < -0.3 is 4.57 Å². The van der Waals surface area contributed by atoms with Crippen LogP contribution >= 0.6 is 0 Å². The Morgan fingerprint density at radius 3 is 2.75 bits per heavy atom. The number of hydrogen-bond acceptors (Lipinski definition) is 5. The van der Waals surface area contributed by atoms with Gasteiger partial charge in [0.15, 0.2) is 5.03 Å². The zero-order valence-electron chi connectivity index (χ0n) is 16.4. The van der Waals surface area contributed by atoms with Crippen LogP contribution in [0.5, 0.6) is 0 Å². The third kappa shape index (κ3) is 3.53. The summed E-state index contributed by atoms with van der Waals surface area (Å²) < 4.78 is 31.0. The molecule has 1 saturated heterocycles. The molecule has 0 bridgehead atoms. The fraction of sp³-hybridized carbons (Fsp3) is 0.632. The van der Waals surface area contributed by atoms with Crippen LogP contribution in [0.15, 0.2) is 28.4 Å². The maximum Gasteiger partial charge on any atom is 0.267 e. The van der Waals surface area contributed by atoms with Crippen molar-refractivity contribution < 1.29 is 8.42 Å². The van der Waals surface area contributed by atoms with E-state index in [1.807, 2.05) is 13.8 Å². The van der Waals surface area contributed by atoms with Gasteiger partial charge in [0.2, 0.25) is 0 Å². The van der Waals surface area contributed by atoms with E-state index >= 15 is 0 Å². The Kier molecular flexibility index (Phi) is 5.13. The van der Waals surface area contributed by atoms with E-state index < -0.39 is 10.0 Å². The Labute approximate surface area is 165 Å². The average molecular weight is 406 g/mol. The van der Waals surface area contributed by atoms with Crippen LogP contribution in [0.25, 0.3) is 0 Å². The van der Waals surface area contributed by atoms with E-state index in [1.165, 1.54) is 8.99 Å². The number of aromatic nitrogens is 4. The van der Waals surface area contributed by atoms with Crippen molar-refractivity contribution in [2.75, 3.05) is 6.54 Å². The third-order valence-corrected chi connectivity index (χ3v) is 7.57. The SMILES string of the molecule is CC(C)n1cnc(S(=O)(=O)N2CCCC2Cn2nc3c(cc2=O)CCCC3)c1. The van der Waals surface area contributed by atoms with E-state index in [2.05, 4.69) is 10.1 Å². The summed E-state index contributed by atoms with van der Waals surface area (Å²) in [7, 11) is -3.69. The fourth-order valence-corrected chi connectivity index (χ4v) is 5.70. The smallest absolute Gasteiger partial charge is 0.267 e. The molecule has 0 N–H and O–H groups in total. The molecule has 0 amide bonds. The van der Waals surface area contributed by atoms with Crippen molar-refractivity contribution in [2.45, 2.75) is 76.0 Å². The van der Waals surface area contributed by atoms with Crippen molar-refractivity contribution in [1.29, 1.82) is 0 Å². The number of hydrogen-bond donors (Lipinski definition) is 0. The second-order valence-electron chi connectivity index (χ2n) is 8.01. The summed E-state index contributed by atoms with van der Waals surface area (Å²) in [6.07, 6.45) is 8.59. The molecule has 28 heavy (non-hydrogen) atoms. The van der Waals surface area contributed by atoms with Crippen molar-refractivity contribution in [3.8, 4) is 0 Å². The molecule has 0 saturated carbocycles. The highest BCUT2D eigenvalue weighted by Crippen LogP contribution is 2.26. The van der Waals surface area contributed by atoms with Gasteiger partial charge in [-0.1, -0.05) is 0 Å². The summed E-state index contributed by atoms with van der Waals surface area (Å²) in [5, 5.41) is 4.62. The van der Waals surface area contributed by atoms with Crippen LogP contribution in [0.2, 0.25) is 0 Å². The summed E-state index contributed by atoms with van der Waals surface area (Å²) in [6, 6.07) is 1.55. The molecule has 8 nitrogen and oxygen atoms in total. The molecule has 4 rings (SSSR count). The Morgan fingerprint density at radius 2 is 2.00 bits per heavy atom. The predicted molar refractivity (Wildman–Crippen MR) is 105 cm³/mol. The molecule has 2 aliphatic rings. The van der Waals surface area contributed by atoms with E-state index in [-0.39, 0.29) is 29.2 Å². The number of aryl methyl sites for hydroxylation is 2. The van der Waals surface area contributed by atoms with Crippen molar-refractivity contribution in [2.24, 2.45) is 0 Å². The number of rotatable bonds is 5. The van der Waals surface area contributed by atoms with E-state index in [4.69, 9.17) is 0 Å². The highest BCUT2D eigenvalue weighted by atomic mass is 32.2. The molecular formula is C19H27N5O3S. The minimum Gasteiger partial charge on any atom is -0.334 e. The van der Waals surface area contributed by atoms with Gasteiger partial charge in [-0.05, 0) is 57.9 Å². The molecule has 1 fully saturated rings. The quantitative estimate of drug-likeness (QED) is 0.756. The molecule has 0 radical (unpaired) electrons. The number of fused-ring (bicyclic) bond motifs is 1. The molecule has 0 spiro atoms. The van der Waals surface area contributed by atoms with E-state index in [1.54, 1.807) is 23.2 Å². The molecule has 3 heterocycles. The first-order valence-corrected chi connectivity index (χ1v) is 11.5. The standard InChI is InChI=1S/C19H27N5O3S/c1-14(2)22-12-18(20-13-22)28(26,27)24-9-5-7-16(24)11-23-19(25)10-15-6-3-4-8-17(15)21-23/h10,12-14,16H,3-9,11H2,1-2H3. The largest absolute Gasteiger partial charge is 0.334 e. The second-order valence-corrected chi connectivity index (χ2v) is 9.85. The first kappa shape index (κ1) is 19.3. The fourth-order valence-electron chi connectivity index (χ4n) is 4.09. The minimum atomic E-state index is -3.69. The van der Waals surface area contributed by atoms with Gasteiger partial charge in [0.05, 0.1) is 18.6 Å². The molecular weight excluding hydrogens is 378 g/mol. The highest BCUT2D eigenvalue weighted by Gasteiger charge is 2.37. The summed E-state index contributed by atoms with van der Waals surface area (Å²) in [6.45, 7) is 4.69. The van der Waals surface area contributed by atoms with Crippen molar-refractivity contribution in [3.63, 3.8) is 0 Å². The number of nitrogens with zero attached hydrogens (tertiary/aromatic N) is 5. The van der Waals surface area contributed by atoms with Crippen LogP contribution < -0.4 is 5.56 Å². The van der Waals surface area contributed by atoms with Crippen molar-refractivity contribution in [1.82, 2.24) is 23.6 Å². The molecule has 0 aromatic carbocycles. The van der Waals surface area contributed by atoms with Crippen molar-refractivity contribution in [3.05, 3.63) is 40.2 Å². The second kappa shape index (κ2) is 7.44. The van der Waals surface area contributed by atoms with Crippen LogP contribution in [-0.4, -0.2) is 44.6 Å². The number of sulfonamides is 1.